The monoisotopic (exact) mass is 248 g/mol. The number of ether oxygens (including phenoxy) is 3. The molecule has 0 radical (unpaired) electrons. The molecule has 0 bridgehead atoms. The van der Waals surface area contributed by atoms with Gasteiger partial charge in [0.2, 0.25) is 0 Å². The molecular weight excluding hydrogens is 236 g/mol. The molecule has 5 heteroatoms. The Hall–Kier alpha value is -2.30. The van der Waals surface area contributed by atoms with Crippen molar-refractivity contribution in [3.63, 3.8) is 0 Å². The first kappa shape index (κ1) is 12.2. The zero-order chi connectivity index (χ0) is 12.8. The molecule has 1 fully saturated rings. The van der Waals surface area contributed by atoms with E-state index < -0.39 is 18.2 Å². The molecule has 0 N–H and O–H groups in total. The fourth-order valence-corrected chi connectivity index (χ4v) is 1.40. The highest BCUT2D eigenvalue weighted by atomic mass is 16.8. The molecule has 0 amide bonds. The third-order valence-corrected chi connectivity index (χ3v) is 2.27. The summed E-state index contributed by atoms with van der Waals surface area (Å²) in [5, 5.41) is 0. The van der Waals surface area contributed by atoms with Crippen LogP contribution in [-0.4, -0.2) is 31.4 Å². The van der Waals surface area contributed by atoms with E-state index in [1.165, 1.54) is 6.08 Å². The maximum atomic E-state index is 11.4. The lowest BCUT2D eigenvalue weighted by molar-refractivity contribution is -0.140. The smallest absolute Gasteiger partial charge is 0.458 e. The molecular formula is C13H12O5. The maximum absolute atomic E-state index is 11.4. The standard InChI is InChI=1S/C13H12O5/c14-12(7-6-10-4-2-1-3-5-10)16-8-11-9-17-13(15)18-11/h1-7,11H,8-9H2/b7-6+. The van der Waals surface area contributed by atoms with Crippen LogP contribution in [0.2, 0.25) is 0 Å². The van der Waals surface area contributed by atoms with Crippen LogP contribution < -0.4 is 0 Å². The van der Waals surface area contributed by atoms with Crippen molar-refractivity contribution in [2.75, 3.05) is 13.2 Å². The highest BCUT2D eigenvalue weighted by molar-refractivity contribution is 5.87. The zero-order valence-corrected chi connectivity index (χ0v) is 9.57. The molecule has 0 spiro atoms. The minimum atomic E-state index is -0.726. The number of rotatable bonds is 4. The Morgan fingerprint density at radius 3 is 2.83 bits per heavy atom. The molecule has 0 aliphatic carbocycles. The van der Waals surface area contributed by atoms with Gasteiger partial charge in [-0.1, -0.05) is 30.3 Å². The molecule has 5 nitrogen and oxygen atoms in total. The molecule has 1 atom stereocenters. The van der Waals surface area contributed by atoms with Crippen molar-refractivity contribution in [1.29, 1.82) is 0 Å². The zero-order valence-electron chi connectivity index (χ0n) is 9.57. The SMILES string of the molecule is O=C(/C=C/c1ccccc1)OCC1COC(=O)O1. The Morgan fingerprint density at radius 2 is 2.17 bits per heavy atom. The lowest BCUT2D eigenvalue weighted by atomic mass is 10.2. The van der Waals surface area contributed by atoms with Gasteiger partial charge in [0.1, 0.15) is 13.2 Å². The second-order valence-electron chi connectivity index (χ2n) is 3.67. The molecule has 1 aromatic rings. The summed E-state index contributed by atoms with van der Waals surface area (Å²) in [5.74, 6) is -0.484. The lowest BCUT2D eigenvalue weighted by Crippen LogP contribution is -2.19. The van der Waals surface area contributed by atoms with Crippen molar-refractivity contribution >= 4 is 18.2 Å². The third kappa shape index (κ3) is 3.62. The fourth-order valence-electron chi connectivity index (χ4n) is 1.40. The van der Waals surface area contributed by atoms with Crippen LogP contribution in [0.3, 0.4) is 0 Å². The van der Waals surface area contributed by atoms with E-state index in [1.807, 2.05) is 30.3 Å². The Bertz CT molecular complexity index is 452. The van der Waals surface area contributed by atoms with Crippen LogP contribution in [-0.2, 0) is 19.0 Å². The average Bonchev–Trinajstić information content (AvgIpc) is 2.81. The van der Waals surface area contributed by atoms with Crippen molar-refractivity contribution in [1.82, 2.24) is 0 Å². The van der Waals surface area contributed by atoms with Gasteiger partial charge in [-0.3, -0.25) is 0 Å². The summed E-state index contributed by atoms with van der Waals surface area (Å²) in [7, 11) is 0. The number of esters is 1. The normalized spacial score (nSPS) is 18.4. The molecule has 1 saturated heterocycles. The fraction of sp³-hybridized carbons (Fsp3) is 0.231. The summed E-state index contributed by atoms with van der Waals surface area (Å²) in [6.07, 6.45) is 1.74. The molecule has 0 saturated carbocycles. The van der Waals surface area contributed by atoms with Crippen LogP contribution in [0.5, 0.6) is 0 Å². The van der Waals surface area contributed by atoms with Crippen molar-refractivity contribution in [2.45, 2.75) is 6.10 Å². The van der Waals surface area contributed by atoms with Gasteiger partial charge in [-0.25, -0.2) is 9.59 Å². The Morgan fingerprint density at radius 1 is 1.39 bits per heavy atom. The van der Waals surface area contributed by atoms with Gasteiger partial charge in [0, 0.05) is 6.08 Å². The van der Waals surface area contributed by atoms with E-state index in [4.69, 9.17) is 9.47 Å². The minimum Gasteiger partial charge on any atom is -0.458 e. The summed E-state index contributed by atoms with van der Waals surface area (Å²) in [6.45, 7) is 0.123. The number of cyclic esters (lactones) is 2. The Kier molecular flexibility index (Phi) is 3.96. The first-order chi connectivity index (χ1) is 8.74. The minimum absolute atomic E-state index is 0.00367. The van der Waals surface area contributed by atoms with Gasteiger partial charge in [-0.05, 0) is 11.6 Å². The molecule has 0 aromatic heterocycles. The van der Waals surface area contributed by atoms with Crippen molar-refractivity contribution in [3.05, 3.63) is 42.0 Å². The topological polar surface area (TPSA) is 61.8 Å². The molecule has 1 aliphatic heterocycles. The second-order valence-corrected chi connectivity index (χ2v) is 3.67. The summed E-state index contributed by atoms with van der Waals surface area (Å²) in [4.78, 5) is 22.0. The molecule has 1 unspecified atom stereocenters. The van der Waals surface area contributed by atoms with Crippen molar-refractivity contribution in [3.8, 4) is 0 Å². The van der Waals surface area contributed by atoms with Gasteiger partial charge in [-0.2, -0.15) is 0 Å². The van der Waals surface area contributed by atoms with E-state index in [9.17, 15) is 9.59 Å². The Balaban J connectivity index is 1.75. The predicted molar refractivity (Wildman–Crippen MR) is 62.7 cm³/mol. The highest BCUT2D eigenvalue weighted by Gasteiger charge is 2.25. The molecule has 2 rings (SSSR count). The number of hydrogen-bond donors (Lipinski definition) is 0. The number of carbonyl (C=O) groups is 2. The summed E-state index contributed by atoms with van der Waals surface area (Å²) in [6, 6.07) is 9.39. The van der Waals surface area contributed by atoms with E-state index in [1.54, 1.807) is 6.08 Å². The number of carbonyl (C=O) groups excluding carboxylic acids is 2. The second kappa shape index (κ2) is 5.86. The van der Waals surface area contributed by atoms with E-state index in [0.29, 0.717) is 0 Å². The Labute approximate surface area is 104 Å². The van der Waals surface area contributed by atoms with E-state index in [0.717, 1.165) is 5.56 Å². The summed E-state index contributed by atoms with van der Waals surface area (Å²) >= 11 is 0. The lowest BCUT2D eigenvalue weighted by Gasteiger charge is -2.05. The van der Waals surface area contributed by atoms with Crippen LogP contribution in [0.4, 0.5) is 4.79 Å². The average molecular weight is 248 g/mol. The highest BCUT2D eigenvalue weighted by Crippen LogP contribution is 2.07. The van der Waals surface area contributed by atoms with Gasteiger partial charge in [0.05, 0.1) is 0 Å². The molecule has 1 aliphatic rings. The van der Waals surface area contributed by atoms with Gasteiger partial charge >= 0.3 is 12.1 Å². The predicted octanol–water partition coefficient (Wildman–Crippen LogP) is 1.78. The first-order valence-corrected chi connectivity index (χ1v) is 5.47. The van der Waals surface area contributed by atoms with Crippen molar-refractivity contribution in [2.24, 2.45) is 0 Å². The first-order valence-electron chi connectivity index (χ1n) is 5.47. The van der Waals surface area contributed by atoms with Crippen LogP contribution in [0.1, 0.15) is 5.56 Å². The van der Waals surface area contributed by atoms with E-state index in [2.05, 4.69) is 4.74 Å². The quantitative estimate of drug-likeness (QED) is 0.600. The van der Waals surface area contributed by atoms with Crippen molar-refractivity contribution < 1.29 is 23.8 Å². The van der Waals surface area contributed by atoms with Gasteiger partial charge in [-0.15, -0.1) is 0 Å². The molecule has 18 heavy (non-hydrogen) atoms. The molecule has 1 heterocycles. The molecule has 1 aromatic carbocycles. The van der Waals surface area contributed by atoms with Crippen LogP contribution in [0.25, 0.3) is 6.08 Å². The molecule has 94 valence electrons. The maximum Gasteiger partial charge on any atom is 0.508 e. The van der Waals surface area contributed by atoms with E-state index in [-0.39, 0.29) is 13.2 Å². The van der Waals surface area contributed by atoms with E-state index >= 15 is 0 Å². The largest absolute Gasteiger partial charge is 0.508 e. The van der Waals surface area contributed by atoms with Gasteiger partial charge in [0.25, 0.3) is 0 Å². The van der Waals surface area contributed by atoms with Gasteiger partial charge in [0.15, 0.2) is 6.10 Å². The summed E-state index contributed by atoms with van der Waals surface area (Å²) < 4.78 is 14.2. The van der Waals surface area contributed by atoms with Crippen LogP contribution >= 0.6 is 0 Å². The van der Waals surface area contributed by atoms with Gasteiger partial charge < -0.3 is 14.2 Å². The number of hydrogen-bond acceptors (Lipinski definition) is 5. The third-order valence-electron chi connectivity index (χ3n) is 2.27. The number of benzene rings is 1. The van der Waals surface area contributed by atoms with Crippen LogP contribution in [0, 0.1) is 0 Å². The summed E-state index contributed by atoms with van der Waals surface area (Å²) in [5.41, 5.74) is 0.907. The van der Waals surface area contributed by atoms with Crippen LogP contribution in [0.15, 0.2) is 36.4 Å².